The molecule has 0 radical (unpaired) electrons. The van der Waals surface area contributed by atoms with Crippen LogP contribution in [-0.4, -0.2) is 34.7 Å². The van der Waals surface area contributed by atoms with Crippen molar-refractivity contribution >= 4 is 29.2 Å². The second kappa shape index (κ2) is 10.1. The molecule has 1 fully saturated rings. The zero-order chi connectivity index (χ0) is 20.6. The topological polar surface area (TPSA) is 67.4 Å². The molecule has 30 heavy (non-hydrogen) atoms. The van der Waals surface area contributed by atoms with Gasteiger partial charge in [-0.1, -0.05) is 30.0 Å². The highest BCUT2D eigenvalue weighted by Gasteiger charge is 2.13. The number of nitrogens with zero attached hydrogens (tertiary/aromatic N) is 3. The predicted molar refractivity (Wildman–Crippen MR) is 120 cm³/mol. The van der Waals surface area contributed by atoms with Crippen LogP contribution in [0.5, 0.6) is 11.5 Å². The first-order chi connectivity index (χ1) is 14.8. The van der Waals surface area contributed by atoms with E-state index in [1.807, 2.05) is 60.7 Å². The number of anilines is 2. The first kappa shape index (κ1) is 20.2. The maximum absolute atomic E-state index is 12.3. The van der Waals surface area contributed by atoms with Crippen LogP contribution in [0.25, 0.3) is 0 Å². The molecule has 7 heteroatoms. The molecule has 1 saturated heterocycles. The van der Waals surface area contributed by atoms with Gasteiger partial charge < -0.3 is 15.0 Å². The number of thioether (sulfide) groups is 1. The van der Waals surface area contributed by atoms with Gasteiger partial charge in [0.25, 0.3) is 0 Å². The Morgan fingerprint density at radius 2 is 1.70 bits per heavy atom. The van der Waals surface area contributed by atoms with Crippen molar-refractivity contribution in [1.82, 2.24) is 9.97 Å². The van der Waals surface area contributed by atoms with Crippen LogP contribution in [-0.2, 0) is 4.79 Å². The van der Waals surface area contributed by atoms with E-state index in [1.54, 1.807) is 6.33 Å². The minimum absolute atomic E-state index is 0.0742. The van der Waals surface area contributed by atoms with Crippen LogP contribution in [0.15, 0.2) is 72.0 Å². The Balaban J connectivity index is 1.27. The number of amides is 1. The Bertz CT molecular complexity index is 960. The fraction of sp³-hybridized carbons (Fsp3) is 0.261. The highest BCUT2D eigenvalue weighted by atomic mass is 32.2. The molecule has 0 bridgehead atoms. The van der Waals surface area contributed by atoms with Gasteiger partial charge in [0.2, 0.25) is 5.91 Å². The van der Waals surface area contributed by atoms with E-state index >= 15 is 0 Å². The zero-order valence-corrected chi connectivity index (χ0v) is 17.5. The first-order valence-corrected chi connectivity index (χ1v) is 11.1. The molecule has 6 nitrogen and oxygen atoms in total. The number of hydrogen-bond acceptors (Lipinski definition) is 6. The van der Waals surface area contributed by atoms with E-state index in [0.717, 1.165) is 41.1 Å². The summed E-state index contributed by atoms with van der Waals surface area (Å²) in [5.41, 5.74) is 0.734. The number of ether oxygens (including phenoxy) is 1. The van der Waals surface area contributed by atoms with Gasteiger partial charge in [-0.2, -0.15) is 0 Å². The van der Waals surface area contributed by atoms with Gasteiger partial charge >= 0.3 is 0 Å². The molecule has 1 N–H and O–H groups in total. The van der Waals surface area contributed by atoms with Crippen molar-refractivity contribution in [3.63, 3.8) is 0 Å². The number of carbonyl (C=O) groups excluding carboxylic acids is 1. The lowest BCUT2D eigenvalue weighted by Gasteiger charge is -2.27. The van der Waals surface area contributed by atoms with Crippen molar-refractivity contribution in [2.75, 3.05) is 29.1 Å². The molecule has 4 rings (SSSR count). The molecule has 2 aromatic carbocycles. The van der Waals surface area contributed by atoms with Crippen molar-refractivity contribution in [2.45, 2.75) is 24.3 Å². The Labute approximate surface area is 180 Å². The average molecular weight is 421 g/mol. The number of rotatable bonds is 7. The predicted octanol–water partition coefficient (Wildman–Crippen LogP) is 4.99. The standard InChI is InChI=1S/C23H24N4O2S/c28-22(16-30-23-15-21(24-17-25-23)27-13-5-2-6-14-27)26-18-9-11-20(12-10-18)29-19-7-3-1-4-8-19/h1,3-4,7-12,15,17H,2,5-6,13-14,16H2,(H,26,28). The van der Waals surface area contributed by atoms with Gasteiger partial charge in [0.05, 0.1) is 5.75 Å². The maximum atomic E-state index is 12.3. The van der Waals surface area contributed by atoms with Gasteiger partial charge in [0, 0.05) is 24.8 Å². The fourth-order valence-corrected chi connectivity index (χ4v) is 3.93. The van der Waals surface area contributed by atoms with Crippen LogP contribution >= 0.6 is 11.8 Å². The molecule has 0 aliphatic carbocycles. The van der Waals surface area contributed by atoms with E-state index in [2.05, 4.69) is 20.2 Å². The first-order valence-electron chi connectivity index (χ1n) is 10.1. The van der Waals surface area contributed by atoms with Crippen molar-refractivity contribution in [3.8, 4) is 11.5 Å². The molecule has 2 heterocycles. The lowest BCUT2D eigenvalue weighted by molar-refractivity contribution is -0.113. The van der Waals surface area contributed by atoms with E-state index in [1.165, 1.54) is 31.0 Å². The number of carbonyl (C=O) groups is 1. The number of hydrogen-bond donors (Lipinski definition) is 1. The van der Waals surface area contributed by atoms with Crippen LogP contribution < -0.4 is 15.0 Å². The van der Waals surface area contributed by atoms with Crippen molar-refractivity contribution in [1.29, 1.82) is 0 Å². The second-order valence-corrected chi connectivity index (χ2v) is 8.03. The van der Waals surface area contributed by atoms with E-state index in [-0.39, 0.29) is 5.91 Å². The summed E-state index contributed by atoms with van der Waals surface area (Å²) in [4.78, 5) is 23.3. The summed E-state index contributed by atoms with van der Waals surface area (Å²) in [5, 5.41) is 3.72. The highest BCUT2D eigenvalue weighted by molar-refractivity contribution is 7.99. The number of aromatic nitrogens is 2. The van der Waals surface area contributed by atoms with Gasteiger partial charge in [-0.15, -0.1) is 0 Å². The van der Waals surface area contributed by atoms with Gasteiger partial charge in [-0.3, -0.25) is 4.79 Å². The smallest absolute Gasteiger partial charge is 0.234 e. The molecule has 1 aliphatic heterocycles. The molecule has 0 saturated carbocycles. The second-order valence-electron chi connectivity index (χ2n) is 7.04. The van der Waals surface area contributed by atoms with Crippen molar-refractivity contribution < 1.29 is 9.53 Å². The maximum Gasteiger partial charge on any atom is 0.234 e. The van der Waals surface area contributed by atoms with Crippen LogP contribution in [0, 0.1) is 0 Å². The van der Waals surface area contributed by atoms with Gasteiger partial charge in [-0.05, 0) is 55.7 Å². The summed E-state index contributed by atoms with van der Waals surface area (Å²) in [6.45, 7) is 2.07. The Hall–Kier alpha value is -3.06. The summed E-state index contributed by atoms with van der Waals surface area (Å²) in [6, 6.07) is 18.9. The normalized spacial score (nSPS) is 13.7. The van der Waals surface area contributed by atoms with Crippen LogP contribution in [0.3, 0.4) is 0 Å². The summed E-state index contributed by atoms with van der Waals surface area (Å²) < 4.78 is 5.77. The van der Waals surface area contributed by atoms with E-state index in [9.17, 15) is 4.79 Å². The van der Waals surface area contributed by atoms with Gasteiger partial charge in [0.1, 0.15) is 28.7 Å². The zero-order valence-electron chi connectivity index (χ0n) is 16.7. The minimum Gasteiger partial charge on any atom is -0.457 e. The van der Waals surface area contributed by atoms with Crippen LogP contribution in [0.2, 0.25) is 0 Å². The highest BCUT2D eigenvalue weighted by Crippen LogP contribution is 2.24. The number of nitrogens with one attached hydrogen (secondary N) is 1. The molecular formula is C23H24N4O2S. The largest absolute Gasteiger partial charge is 0.457 e. The summed E-state index contributed by atoms with van der Waals surface area (Å²) in [7, 11) is 0. The average Bonchev–Trinajstić information content (AvgIpc) is 2.80. The lowest BCUT2D eigenvalue weighted by Crippen LogP contribution is -2.30. The molecule has 1 aliphatic rings. The number of piperidine rings is 1. The van der Waals surface area contributed by atoms with Crippen LogP contribution in [0.1, 0.15) is 19.3 Å². The molecule has 1 aromatic heterocycles. The monoisotopic (exact) mass is 420 g/mol. The molecule has 3 aromatic rings. The third-order valence-electron chi connectivity index (χ3n) is 4.78. The fourth-order valence-electron chi connectivity index (χ4n) is 3.27. The van der Waals surface area contributed by atoms with E-state index < -0.39 is 0 Å². The third kappa shape index (κ3) is 5.73. The Morgan fingerprint density at radius 3 is 2.47 bits per heavy atom. The Kier molecular flexibility index (Phi) is 6.82. The quantitative estimate of drug-likeness (QED) is 0.429. The van der Waals surface area contributed by atoms with Crippen molar-refractivity contribution in [3.05, 3.63) is 67.0 Å². The van der Waals surface area contributed by atoms with Crippen molar-refractivity contribution in [2.24, 2.45) is 0 Å². The molecule has 0 atom stereocenters. The molecule has 0 unspecified atom stereocenters. The molecule has 154 valence electrons. The summed E-state index contributed by atoms with van der Waals surface area (Å²) in [6.07, 6.45) is 5.26. The molecular weight excluding hydrogens is 396 g/mol. The minimum atomic E-state index is -0.0742. The summed E-state index contributed by atoms with van der Waals surface area (Å²) >= 11 is 1.42. The third-order valence-corrected chi connectivity index (χ3v) is 5.70. The summed E-state index contributed by atoms with van der Waals surface area (Å²) in [5.74, 6) is 2.66. The molecule has 1 amide bonds. The number of para-hydroxylation sites is 1. The molecule has 0 spiro atoms. The van der Waals surface area contributed by atoms with E-state index in [0.29, 0.717) is 5.75 Å². The Morgan fingerprint density at radius 1 is 0.967 bits per heavy atom. The SMILES string of the molecule is O=C(CSc1cc(N2CCCCC2)ncn1)Nc1ccc(Oc2ccccc2)cc1. The van der Waals surface area contributed by atoms with Gasteiger partial charge in [-0.25, -0.2) is 9.97 Å². The van der Waals surface area contributed by atoms with Gasteiger partial charge in [0.15, 0.2) is 0 Å². The van der Waals surface area contributed by atoms with Crippen LogP contribution in [0.4, 0.5) is 11.5 Å². The van der Waals surface area contributed by atoms with E-state index in [4.69, 9.17) is 4.74 Å². The number of benzene rings is 2. The lowest BCUT2D eigenvalue weighted by atomic mass is 10.1.